The van der Waals surface area contributed by atoms with Crippen LogP contribution in [0, 0.1) is 0 Å². The van der Waals surface area contributed by atoms with Gasteiger partial charge < -0.3 is 15.8 Å². The average molecular weight is 395 g/mol. The normalized spacial score (nSPS) is 21.2. The lowest BCUT2D eigenvalue weighted by Gasteiger charge is -2.26. The largest absolute Gasteiger partial charge is 0.573 e. The fourth-order valence-electron chi connectivity index (χ4n) is 2.61. The average Bonchev–Trinajstić information content (AvgIpc) is 2.54. The van der Waals surface area contributed by atoms with E-state index >= 15 is 0 Å². The van der Waals surface area contributed by atoms with Crippen LogP contribution in [0.3, 0.4) is 0 Å². The minimum absolute atomic E-state index is 0.0365. The minimum Gasteiger partial charge on any atom is -0.406 e. The number of rotatable bonds is 6. The number of carbonyl (C=O) groups excluding carboxylic acids is 1. The smallest absolute Gasteiger partial charge is 0.406 e. The Morgan fingerprint density at radius 3 is 2.27 bits per heavy atom. The molecule has 1 fully saturated rings. The summed E-state index contributed by atoms with van der Waals surface area (Å²) < 4.78 is 66.3. The van der Waals surface area contributed by atoms with Gasteiger partial charge in [0, 0.05) is 12.1 Å². The molecule has 26 heavy (non-hydrogen) atoms. The Hall–Kier alpha value is -1.85. The molecule has 0 bridgehead atoms. The predicted octanol–water partition coefficient (Wildman–Crippen LogP) is 1.25. The molecule has 1 aromatic rings. The first-order chi connectivity index (χ1) is 12.0. The van der Waals surface area contributed by atoms with Crippen molar-refractivity contribution in [2.24, 2.45) is 5.73 Å². The van der Waals surface area contributed by atoms with Gasteiger partial charge in [-0.1, -0.05) is 0 Å². The second-order valence-electron chi connectivity index (χ2n) is 6.02. The van der Waals surface area contributed by atoms with Crippen molar-refractivity contribution in [3.05, 3.63) is 24.3 Å². The molecule has 0 aliphatic heterocycles. The summed E-state index contributed by atoms with van der Waals surface area (Å²) in [6.07, 6.45) is -1.80. The lowest BCUT2D eigenvalue weighted by Crippen LogP contribution is -2.44. The molecule has 1 aliphatic carbocycles. The molecule has 146 valence electrons. The minimum atomic E-state index is -4.86. The van der Waals surface area contributed by atoms with Crippen LogP contribution in [0.4, 0.5) is 13.2 Å². The van der Waals surface area contributed by atoms with E-state index in [1.807, 2.05) is 0 Å². The maximum absolute atomic E-state index is 12.1. The standard InChI is InChI=1S/C15H20F3N3O4S/c16-15(17,18)25-12-5-7-13(8-6-12)26(23,24)20-9-14(22)21-11-3-1-10(19)2-4-11/h5-8,10-11,20H,1-4,9,19H2,(H,21,22). The maximum Gasteiger partial charge on any atom is 0.573 e. The summed E-state index contributed by atoms with van der Waals surface area (Å²) in [6.45, 7) is -0.467. The zero-order chi connectivity index (χ0) is 19.4. The Kier molecular flexibility index (Phi) is 6.48. The zero-order valence-electron chi connectivity index (χ0n) is 13.8. The van der Waals surface area contributed by atoms with Crippen LogP contribution in [0.15, 0.2) is 29.2 Å². The van der Waals surface area contributed by atoms with E-state index < -0.39 is 34.6 Å². The number of sulfonamides is 1. The number of ether oxygens (including phenoxy) is 1. The molecule has 1 saturated carbocycles. The second kappa shape index (κ2) is 8.23. The van der Waals surface area contributed by atoms with Crippen LogP contribution < -0.4 is 20.5 Å². The van der Waals surface area contributed by atoms with E-state index in [-0.39, 0.29) is 17.0 Å². The molecular weight excluding hydrogens is 375 g/mol. The molecular formula is C15H20F3N3O4S. The van der Waals surface area contributed by atoms with E-state index in [1.165, 1.54) is 0 Å². The molecule has 0 spiro atoms. The van der Waals surface area contributed by atoms with Gasteiger partial charge in [-0.05, 0) is 49.9 Å². The van der Waals surface area contributed by atoms with Crippen molar-refractivity contribution in [2.45, 2.75) is 49.0 Å². The Morgan fingerprint density at radius 1 is 1.15 bits per heavy atom. The predicted molar refractivity (Wildman–Crippen MR) is 86.7 cm³/mol. The summed E-state index contributed by atoms with van der Waals surface area (Å²) >= 11 is 0. The lowest BCUT2D eigenvalue weighted by molar-refractivity contribution is -0.274. The number of halogens is 3. The molecule has 0 radical (unpaired) electrons. The van der Waals surface area contributed by atoms with E-state index in [0.717, 1.165) is 49.9 Å². The van der Waals surface area contributed by atoms with Crippen molar-refractivity contribution >= 4 is 15.9 Å². The monoisotopic (exact) mass is 395 g/mol. The Bertz CT molecular complexity index is 715. The first kappa shape index (κ1) is 20.5. The summed E-state index contributed by atoms with van der Waals surface area (Å²) in [5.74, 6) is -1.02. The molecule has 0 aromatic heterocycles. The van der Waals surface area contributed by atoms with Crippen molar-refractivity contribution in [1.82, 2.24) is 10.0 Å². The van der Waals surface area contributed by atoms with Gasteiger partial charge in [0.1, 0.15) is 5.75 Å². The molecule has 1 amide bonds. The number of hydrogen-bond acceptors (Lipinski definition) is 5. The van der Waals surface area contributed by atoms with Crippen LogP contribution in [0.2, 0.25) is 0 Å². The van der Waals surface area contributed by atoms with Crippen LogP contribution in [0.1, 0.15) is 25.7 Å². The van der Waals surface area contributed by atoms with Gasteiger partial charge in [0.15, 0.2) is 0 Å². The lowest BCUT2D eigenvalue weighted by atomic mass is 9.92. The first-order valence-corrected chi connectivity index (χ1v) is 9.44. The van der Waals surface area contributed by atoms with Crippen molar-refractivity contribution in [1.29, 1.82) is 0 Å². The summed E-state index contributed by atoms with van der Waals surface area (Å²) in [6, 6.07) is 3.78. The van der Waals surface area contributed by atoms with Crippen molar-refractivity contribution in [3.63, 3.8) is 0 Å². The van der Waals surface area contributed by atoms with Gasteiger partial charge in [-0.15, -0.1) is 13.2 Å². The van der Waals surface area contributed by atoms with Gasteiger partial charge in [-0.25, -0.2) is 13.1 Å². The third-order valence-electron chi connectivity index (χ3n) is 3.93. The van der Waals surface area contributed by atoms with E-state index in [4.69, 9.17) is 5.73 Å². The fourth-order valence-corrected chi connectivity index (χ4v) is 3.59. The van der Waals surface area contributed by atoms with Crippen molar-refractivity contribution in [3.8, 4) is 5.75 Å². The maximum atomic E-state index is 12.1. The Morgan fingerprint density at radius 2 is 1.73 bits per heavy atom. The molecule has 11 heteroatoms. The third-order valence-corrected chi connectivity index (χ3v) is 5.34. The van der Waals surface area contributed by atoms with Crippen LogP contribution >= 0.6 is 0 Å². The number of hydrogen-bond donors (Lipinski definition) is 3. The van der Waals surface area contributed by atoms with Gasteiger partial charge >= 0.3 is 6.36 Å². The highest BCUT2D eigenvalue weighted by atomic mass is 32.2. The van der Waals surface area contributed by atoms with Gasteiger partial charge in [0.05, 0.1) is 11.4 Å². The quantitative estimate of drug-likeness (QED) is 0.671. The third kappa shape index (κ3) is 6.46. The number of carbonyl (C=O) groups is 1. The van der Waals surface area contributed by atoms with E-state index in [2.05, 4.69) is 14.8 Å². The zero-order valence-corrected chi connectivity index (χ0v) is 14.6. The molecule has 2 rings (SSSR count). The first-order valence-electron chi connectivity index (χ1n) is 7.95. The highest BCUT2D eigenvalue weighted by molar-refractivity contribution is 7.89. The Labute approximate surface area is 149 Å². The van der Waals surface area contributed by atoms with Crippen LogP contribution in [-0.4, -0.2) is 39.3 Å². The number of benzene rings is 1. The van der Waals surface area contributed by atoms with Crippen LogP contribution in [-0.2, 0) is 14.8 Å². The van der Waals surface area contributed by atoms with E-state index in [0.29, 0.717) is 0 Å². The highest BCUT2D eigenvalue weighted by Crippen LogP contribution is 2.23. The van der Waals surface area contributed by atoms with E-state index in [1.54, 1.807) is 0 Å². The molecule has 0 saturated heterocycles. The van der Waals surface area contributed by atoms with E-state index in [9.17, 15) is 26.4 Å². The second-order valence-corrected chi connectivity index (χ2v) is 7.79. The summed E-state index contributed by atoms with van der Waals surface area (Å²) in [5, 5.41) is 2.73. The van der Waals surface area contributed by atoms with Crippen LogP contribution in [0.5, 0.6) is 5.75 Å². The highest BCUT2D eigenvalue weighted by Gasteiger charge is 2.31. The number of nitrogens with two attached hydrogens (primary N) is 1. The van der Waals surface area contributed by atoms with Gasteiger partial charge in [0.2, 0.25) is 15.9 Å². The molecule has 0 unspecified atom stereocenters. The summed E-state index contributed by atoms with van der Waals surface area (Å²) in [5.41, 5.74) is 5.78. The van der Waals surface area contributed by atoms with Crippen LogP contribution in [0.25, 0.3) is 0 Å². The van der Waals surface area contributed by atoms with Crippen molar-refractivity contribution < 1.29 is 31.1 Å². The molecule has 0 heterocycles. The number of nitrogens with one attached hydrogen (secondary N) is 2. The molecule has 7 nitrogen and oxygen atoms in total. The summed E-state index contributed by atoms with van der Waals surface area (Å²) in [4.78, 5) is 11.6. The fraction of sp³-hybridized carbons (Fsp3) is 0.533. The Balaban J connectivity index is 1.86. The van der Waals surface area contributed by atoms with Gasteiger partial charge in [-0.3, -0.25) is 4.79 Å². The van der Waals surface area contributed by atoms with Gasteiger partial charge in [0.25, 0.3) is 0 Å². The number of amides is 1. The number of alkyl halides is 3. The topological polar surface area (TPSA) is 111 Å². The molecule has 1 aromatic carbocycles. The molecule has 0 atom stereocenters. The van der Waals surface area contributed by atoms with Gasteiger partial charge in [-0.2, -0.15) is 0 Å². The molecule has 1 aliphatic rings. The SMILES string of the molecule is NC1CCC(NC(=O)CNS(=O)(=O)c2ccc(OC(F)(F)F)cc2)CC1. The molecule has 4 N–H and O–H groups in total. The van der Waals surface area contributed by atoms with Crippen molar-refractivity contribution in [2.75, 3.05) is 6.54 Å². The summed E-state index contributed by atoms with van der Waals surface area (Å²) in [7, 11) is -4.03.